The van der Waals surface area contributed by atoms with Crippen molar-refractivity contribution in [2.45, 2.75) is 9.79 Å². The fourth-order valence-corrected chi connectivity index (χ4v) is 2.43. The summed E-state index contributed by atoms with van der Waals surface area (Å²) >= 11 is 0. The average Bonchev–Trinajstić information content (AvgIpc) is 2.14. The Kier molecular flexibility index (Phi) is 3.23. The Hall–Kier alpha value is -1.52. The summed E-state index contributed by atoms with van der Waals surface area (Å²) in [5.41, 5.74) is -0.865. The molecule has 0 fully saturated rings. The number of hydrogen-bond acceptors (Lipinski definition) is 6. The number of benzene rings is 1. The van der Waals surface area contributed by atoms with Crippen LogP contribution in [0.1, 0.15) is 0 Å². The van der Waals surface area contributed by atoms with Crippen LogP contribution < -0.4 is 5.14 Å². The predicted octanol–water partition coefficient (Wildman–Crippen LogP) is -0.354. The van der Waals surface area contributed by atoms with E-state index >= 15 is 0 Å². The van der Waals surface area contributed by atoms with Gasteiger partial charge in [-0.3, -0.25) is 10.1 Å². The lowest BCUT2D eigenvalue weighted by Crippen LogP contribution is -2.14. The van der Waals surface area contributed by atoms with Gasteiger partial charge in [-0.25, -0.2) is 22.0 Å². The van der Waals surface area contributed by atoms with Gasteiger partial charge < -0.3 is 0 Å². The molecule has 2 N–H and O–H groups in total. The number of nitro groups is 1. The third-order valence-corrected chi connectivity index (χ3v) is 3.93. The van der Waals surface area contributed by atoms with Crippen molar-refractivity contribution in [1.82, 2.24) is 0 Å². The highest BCUT2D eigenvalue weighted by Gasteiger charge is 2.24. The maximum atomic E-state index is 11.2. The molecule has 0 amide bonds. The summed E-state index contributed by atoms with van der Waals surface area (Å²) in [6.45, 7) is 0. The van der Waals surface area contributed by atoms with Crippen molar-refractivity contribution in [3.8, 4) is 0 Å². The molecule has 0 spiro atoms. The lowest BCUT2D eigenvalue weighted by Gasteiger charge is -2.02. The first-order chi connectivity index (χ1) is 7.53. The highest BCUT2D eigenvalue weighted by atomic mass is 32.2. The zero-order chi connectivity index (χ0) is 13.4. The van der Waals surface area contributed by atoms with E-state index in [2.05, 4.69) is 0 Å². The van der Waals surface area contributed by atoms with Gasteiger partial charge in [0.05, 0.1) is 9.82 Å². The van der Waals surface area contributed by atoms with Gasteiger partial charge in [0, 0.05) is 12.3 Å². The molecule has 0 aromatic heterocycles. The van der Waals surface area contributed by atoms with Crippen molar-refractivity contribution in [1.29, 1.82) is 0 Å². The Bertz CT molecular complexity index is 676. The van der Waals surface area contributed by atoms with Crippen molar-refractivity contribution < 1.29 is 21.8 Å². The van der Waals surface area contributed by atoms with Gasteiger partial charge in [0.15, 0.2) is 14.7 Å². The van der Waals surface area contributed by atoms with E-state index in [9.17, 15) is 26.9 Å². The molecule has 10 heteroatoms. The lowest BCUT2D eigenvalue weighted by molar-refractivity contribution is -0.388. The first kappa shape index (κ1) is 13.5. The highest BCUT2D eigenvalue weighted by molar-refractivity contribution is 7.90. The molecule has 1 aromatic carbocycles. The van der Waals surface area contributed by atoms with Gasteiger partial charge in [0.1, 0.15) is 0 Å². The number of sulfone groups is 1. The Morgan fingerprint density at radius 2 is 1.76 bits per heavy atom. The van der Waals surface area contributed by atoms with Gasteiger partial charge in [-0.05, 0) is 12.1 Å². The van der Waals surface area contributed by atoms with Gasteiger partial charge in [-0.15, -0.1) is 0 Å². The molecule has 0 radical (unpaired) electrons. The summed E-state index contributed by atoms with van der Waals surface area (Å²) in [5, 5.41) is 15.4. The van der Waals surface area contributed by atoms with Gasteiger partial charge in [0.25, 0.3) is 5.69 Å². The molecule has 8 nitrogen and oxygen atoms in total. The Morgan fingerprint density at radius 3 is 2.12 bits per heavy atom. The van der Waals surface area contributed by atoms with Crippen LogP contribution in [0.4, 0.5) is 5.69 Å². The second kappa shape index (κ2) is 4.05. The van der Waals surface area contributed by atoms with Crippen LogP contribution in [0.15, 0.2) is 28.0 Å². The molecular weight excluding hydrogens is 272 g/mol. The van der Waals surface area contributed by atoms with E-state index in [4.69, 9.17) is 5.14 Å². The molecule has 1 rings (SSSR count). The largest absolute Gasteiger partial charge is 0.290 e. The molecule has 0 bridgehead atoms. The van der Waals surface area contributed by atoms with Crippen molar-refractivity contribution in [2.75, 3.05) is 6.26 Å². The highest BCUT2D eigenvalue weighted by Crippen LogP contribution is 2.25. The number of hydrogen-bond donors (Lipinski definition) is 1. The van der Waals surface area contributed by atoms with Crippen molar-refractivity contribution in [3.63, 3.8) is 0 Å². The lowest BCUT2D eigenvalue weighted by atomic mass is 10.3. The average molecular weight is 280 g/mol. The Balaban J connectivity index is 3.66. The smallest absolute Gasteiger partial charge is 0.258 e. The maximum absolute atomic E-state index is 11.2. The third kappa shape index (κ3) is 2.99. The van der Waals surface area contributed by atoms with Crippen LogP contribution in [0.5, 0.6) is 0 Å². The van der Waals surface area contributed by atoms with E-state index in [0.717, 1.165) is 18.4 Å². The molecular formula is C7H8N2O6S2. The van der Waals surface area contributed by atoms with Gasteiger partial charge in [-0.2, -0.15) is 0 Å². The standard InChI is InChI=1S/C7H8N2O6S2/c1-16(12,13)5-2-3-7(17(8,14)15)6(4-5)9(10)11/h2-4H,1H3,(H2,8,14,15). The van der Waals surface area contributed by atoms with Crippen LogP contribution >= 0.6 is 0 Å². The number of primary sulfonamides is 1. The molecule has 0 saturated heterocycles. The van der Waals surface area contributed by atoms with Crippen molar-refractivity contribution >= 4 is 25.5 Å². The van der Waals surface area contributed by atoms with Crippen LogP contribution in [-0.4, -0.2) is 28.0 Å². The second-order valence-electron chi connectivity index (χ2n) is 3.20. The first-order valence-corrected chi connectivity index (χ1v) is 7.48. The molecule has 0 aliphatic heterocycles. The van der Waals surface area contributed by atoms with Crippen LogP contribution in [0.25, 0.3) is 0 Å². The van der Waals surface area contributed by atoms with Crippen molar-refractivity contribution in [3.05, 3.63) is 28.3 Å². The van der Waals surface area contributed by atoms with Gasteiger partial charge >= 0.3 is 0 Å². The van der Waals surface area contributed by atoms with Crippen molar-refractivity contribution in [2.24, 2.45) is 5.14 Å². The zero-order valence-corrected chi connectivity index (χ0v) is 10.2. The maximum Gasteiger partial charge on any atom is 0.290 e. The summed E-state index contributed by atoms with van der Waals surface area (Å²) < 4.78 is 44.4. The van der Waals surface area contributed by atoms with E-state index in [1.807, 2.05) is 0 Å². The quantitative estimate of drug-likeness (QED) is 0.593. The fourth-order valence-electron chi connectivity index (χ4n) is 1.11. The number of nitrogens with zero attached hydrogens (tertiary/aromatic N) is 1. The van der Waals surface area contributed by atoms with Gasteiger partial charge in [-0.1, -0.05) is 0 Å². The fraction of sp³-hybridized carbons (Fsp3) is 0.143. The zero-order valence-electron chi connectivity index (χ0n) is 8.52. The Labute approximate surface area is 97.2 Å². The normalized spacial score (nSPS) is 12.4. The molecule has 0 saturated carbocycles. The molecule has 0 aliphatic carbocycles. The van der Waals surface area contributed by atoms with E-state index in [-0.39, 0.29) is 4.90 Å². The minimum atomic E-state index is -4.28. The monoisotopic (exact) mass is 280 g/mol. The van der Waals surface area contributed by atoms with Crippen LogP contribution in [-0.2, 0) is 19.9 Å². The van der Waals surface area contributed by atoms with E-state index in [0.29, 0.717) is 6.07 Å². The van der Waals surface area contributed by atoms with Gasteiger partial charge in [0.2, 0.25) is 10.0 Å². The molecule has 94 valence electrons. The minimum absolute atomic E-state index is 0.350. The third-order valence-electron chi connectivity index (χ3n) is 1.86. The summed E-state index contributed by atoms with van der Waals surface area (Å²) in [7, 11) is -7.94. The molecule has 1 aromatic rings. The number of nitrogens with two attached hydrogens (primary N) is 1. The van der Waals surface area contributed by atoms with Crippen LogP contribution in [0, 0.1) is 10.1 Å². The number of sulfonamides is 1. The Morgan fingerprint density at radius 1 is 1.24 bits per heavy atom. The number of rotatable bonds is 3. The second-order valence-corrected chi connectivity index (χ2v) is 6.75. The summed E-state index contributed by atoms with van der Waals surface area (Å²) in [6, 6.07) is 2.40. The molecule has 17 heavy (non-hydrogen) atoms. The SMILES string of the molecule is CS(=O)(=O)c1ccc(S(N)(=O)=O)c([N+](=O)[O-])c1. The molecule has 0 heterocycles. The van der Waals surface area contributed by atoms with E-state index < -0.39 is 35.4 Å². The van der Waals surface area contributed by atoms with E-state index in [1.54, 1.807) is 0 Å². The summed E-state index contributed by atoms with van der Waals surface area (Å²) in [4.78, 5) is 8.56. The minimum Gasteiger partial charge on any atom is -0.258 e. The molecule has 0 unspecified atom stereocenters. The summed E-state index contributed by atoms with van der Waals surface area (Å²) in [5.74, 6) is 0. The predicted molar refractivity (Wildman–Crippen MR) is 57.6 cm³/mol. The first-order valence-electron chi connectivity index (χ1n) is 4.05. The van der Waals surface area contributed by atoms with Crippen LogP contribution in [0.3, 0.4) is 0 Å². The topological polar surface area (TPSA) is 137 Å². The van der Waals surface area contributed by atoms with Crippen LogP contribution in [0.2, 0.25) is 0 Å². The summed E-state index contributed by atoms with van der Waals surface area (Å²) in [6.07, 6.45) is 0.850. The molecule has 0 aliphatic rings. The number of nitro benzene ring substituents is 1. The molecule has 0 atom stereocenters. The van der Waals surface area contributed by atoms with E-state index in [1.165, 1.54) is 0 Å².